The molecule has 2 atom stereocenters. The summed E-state index contributed by atoms with van der Waals surface area (Å²) in [6.07, 6.45) is 3.18. The van der Waals surface area contributed by atoms with Crippen molar-refractivity contribution in [3.8, 4) is 0 Å². The van der Waals surface area contributed by atoms with Crippen LogP contribution >= 0.6 is 11.3 Å². The summed E-state index contributed by atoms with van der Waals surface area (Å²) in [5.41, 5.74) is 1.29. The number of aromatic nitrogens is 3. The minimum Gasteiger partial charge on any atom is -0.345 e. The number of carbonyl (C=O) groups excluding carboxylic acids is 3. The lowest BCUT2D eigenvalue weighted by Crippen LogP contribution is -2.35. The first-order chi connectivity index (χ1) is 12.8. The van der Waals surface area contributed by atoms with E-state index in [1.54, 1.807) is 56.9 Å². The van der Waals surface area contributed by atoms with E-state index in [0.717, 1.165) is 11.0 Å². The number of fused-ring (bicyclic) bond motifs is 1. The van der Waals surface area contributed by atoms with Crippen LogP contribution < -0.4 is 4.90 Å². The van der Waals surface area contributed by atoms with E-state index in [2.05, 4.69) is 15.0 Å². The topological polar surface area (TPSA) is 96.0 Å². The second-order valence-corrected chi connectivity index (χ2v) is 8.48. The standard InChI is InChI=1S/C19H18N4O3S/c1-19(2,3)16(25)13-14(17-20-6-7-27-17)23(18(26)15(13)24)10-4-5-11-12(8-10)22-9-21-11/h4-9,13-14H,1-3H3,(H,21,22). The highest BCUT2D eigenvalue weighted by Gasteiger charge is 2.55. The molecule has 0 saturated carbocycles. The summed E-state index contributed by atoms with van der Waals surface area (Å²) >= 11 is 1.33. The third-order valence-corrected chi connectivity index (χ3v) is 5.56. The first kappa shape index (κ1) is 17.5. The van der Waals surface area contributed by atoms with Gasteiger partial charge in [0.2, 0.25) is 5.78 Å². The fourth-order valence-corrected chi connectivity index (χ4v) is 4.15. The monoisotopic (exact) mass is 382 g/mol. The molecule has 2 aromatic heterocycles. The van der Waals surface area contributed by atoms with Gasteiger partial charge < -0.3 is 4.98 Å². The van der Waals surface area contributed by atoms with Crippen molar-refractivity contribution in [2.75, 3.05) is 4.90 Å². The number of hydrogen-bond donors (Lipinski definition) is 1. The second kappa shape index (κ2) is 6.09. The third kappa shape index (κ3) is 2.76. The van der Waals surface area contributed by atoms with E-state index in [0.29, 0.717) is 10.7 Å². The van der Waals surface area contributed by atoms with Gasteiger partial charge in [-0.05, 0) is 18.2 Å². The number of benzene rings is 1. The Kier molecular flexibility index (Phi) is 3.96. The van der Waals surface area contributed by atoms with Gasteiger partial charge in [-0.15, -0.1) is 11.3 Å². The van der Waals surface area contributed by atoms with Crippen molar-refractivity contribution >= 4 is 45.5 Å². The molecular formula is C19H18N4O3S. The molecule has 0 aliphatic carbocycles. The van der Waals surface area contributed by atoms with Crippen LogP contribution in [-0.2, 0) is 14.4 Å². The Morgan fingerprint density at radius 1 is 1.22 bits per heavy atom. The van der Waals surface area contributed by atoms with Crippen LogP contribution in [0.3, 0.4) is 0 Å². The summed E-state index contributed by atoms with van der Waals surface area (Å²) in [4.78, 5) is 51.7. The molecule has 1 saturated heterocycles. The van der Waals surface area contributed by atoms with Crippen molar-refractivity contribution in [3.63, 3.8) is 0 Å². The lowest BCUT2D eigenvalue weighted by Gasteiger charge is -2.28. The van der Waals surface area contributed by atoms with Gasteiger partial charge in [0.05, 0.1) is 17.4 Å². The summed E-state index contributed by atoms with van der Waals surface area (Å²) in [6.45, 7) is 5.27. The minimum atomic E-state index is -1.07. The van der Waals surface area contributed by atoms with Gasteiger partial charge in [-0.3, -0.25) is 19.3 Å². The van der Waals surface area contributed by atoms with E-state index in [9.17, 15) is 14.4 Å². The molecule has 0 bridgehead atoms. The Balaban J connectivity index is 1.87. The Hall–Kier alpha value is -2.87. The van der Waals surface area contributed by atoms with Crippen LogP contribution in [0, 0.1) is 11.3 Å². The minimum absolute atomic E-state index is 0.258. The zero-order valence-corrected chi connectivity index (χ0v) is 15.9. The van der Waals surface area contributed by atoms with Crippen molar-refractivity contribution in [2.45, 2.75) is 26.8 Å². The molecule has 1 fully saturated rings. The number of nitrogens with zero attached hydrogens (tertiary/aromatic N) is 3. The molecule has 1 aromatic carbocycles. The molecule has 138 valence electrons. The van der Waals surface area contributed by atoms with Gasteiger partial charge in [0, 0.05) is 22.7 Å². The van der Waals surface area contributed by atoms with Crippen LogP contribution in [0.2, 0.25) is 0 Å². The van der Waals surface area contributed by atoms with Crippen LogP contribution in [0.5, 0.6) is 0 Å². The number of anilines is 1. The summed E-state index contributed by atoms with van der Waals surface area (Å²) in [7, 11) is 0. The van der Waals surface area contributed by atoms with Gasteiger partial charge in [-0.25, -0.2) is 9.97 Å². The highest BCUT2D eigenvalue weighted by atomic mass is 32.1. The fraction of sp³-hybridized carbons (Fsp3) is 0.316. The number of aromatic amines is 1. The summed E-state index contributed by atoms with van der Waals surface area (Å²) in [5.74, 6) is -2.69. The Bertz CT molecular complexity index is 1050. The Morgan fingerprint density at radius 2 is 2.00 bits per heavy atom. The van der Waals surface area contributed by atoms with E-state index in [1.165, 1.54) is 16.2 Å². The van der Waals surface area contributed by atoms with Crippen LogP contribution in [0.15, 0.2) is 36.1 Å². The van der Waals surface area contributed by atoms with Gasteiger partial charge in [0.1, 0.15) is 17.0 Å². The van der Waals surface area contributed by atoms with Crippen LogP contribution in [0.4, 0.5) is 5.69 Å². The molecule has 1 aliphatic rings. The number of imidazole rings is 1. The highest BCUT2D eigenvalue weighted by Crippen LogP contribution is 2.43. The maximum atomic E-state index is 13.0. The van der Waals surface area contributed by atoms with E-state index < -0.39 is 29.1 Å². The number of nitrogens with one attached hydrogen (secondary N) is 1. The molecule has 8 heteroatoms. The number of rotatable bonds is 3. The largest absolute Gasteiger partial charge is 0.345 e. The number of ketones is 2. The van der Waals surface area contributed by atoms with Gasteiger partial charge in [-0.1, -0.05) is 20.8 Å². The zero-order chi connectivity index (χ0) is 19.3. The predicted octanol–water partition coefficient (Wildman–Crippen LogP) is 2.91. The van der Waals surface area contributed by atoms with E-state index in [4.69, 9.17) is 0 Å². The van der Waals surface area contributed by atoms with Crippen LogP contribution in [0.1, 0.15) is 31.8 Å². The van der Waals surface area contributed by atoms with Gasteiger partial charge in [0.15, 0.2) is 5.78 Å². The number of thiazole rings is 1. The van der Waals surface area contributed by atoms with Gasteiger partial charge >= 0.3 is 0 Å². The first-order valence-corrected chi connectivity index (χ1v) is 9.41. The molecule has 1 amide bonds. The molecule has 27 heavy (non-hydrogen) atoms. The highest BCUT2D eigenvalue weighted by molar-refractivity contribution is 7.09. The molecule has 0 radical (unpaired) electrons. The summed E-state index contributed by atoms with van der Waals surface area (Å²) in [5, 5.41) is 2.35. The first-order valence-electron chi connectivity index (χ1n) is 8.53. The SMILES string of the molecule is CC(C)(C)C(=O)C1C(=O)C(=O)N(c2ccc3nc[nH]c3c2)C1c1nccs1. The van der Waals surface area contributed by atoms with Crippen molar-refractivity contribution < 1.29 is 14.4 Å². The van der Waals surface area contributed by atoms with Crippen molar-refractivity contribution in [1.82, 2.24) is 15.0 Å². The second-order valence-electron chi connectivity index (χ2n) is 7.55. The van der Waals surface area contributed by atoms with Crippen LogP contribution in [0.25, 0.3) is 11.0 Å². The summed E-state index contributed by atoms with van der Waals surface area (Å²) in [6, 6.07) is 4.53. The number of H-pyrrole nitrogens is 1. The lowest BCUT2D eigenvalue weighted by molar-refractivity contribution is -0.141. The molecule has 1 N–H and O–H groups in total. The molecule has 4 rings (SSSR count). The predicted molar refractivity (Wildman–Crippen MR) is 101 cm³/mol. The average Bonchev–Trinajstić information content (AvgIpc) is 3.33. The Labute approximate surface area is 159 Å². The van der Waals surface area contributed by atoms with Crippen molar-refractivity contribution in [3.05, 3.63) is 41.1 Å². The number of carbonyl (C=O) groups is 3. The molecule has 0 spiro atoms. The third-order valence-electron chi connectivity index (χ3n) is 4.71. The van der Waals surface area contributed by atoms with E-state index >= 15 is 0 Å². The van der Waals surface area contributed by atoms with Gasteiger partial charge in [-0.2, -0.15) is 0 Å². The average molecular weight is 382 g/mol. The quantitative estimate of drug-likeness (QED) is 0.555. The molecule has 1 aliphatic heterocycles. The van der Waals surface area contributed by atoms with Crippen LogP contribution in [-0.4, -0.2) is 32.4 Å². The maximum absolute atomic E-state index is 13.0. The smallest absolute Gasteiger partial charge is 0.295 e. The number of Topliss-reactive ketones (excluding diaryl/α,β-unsaturated/α-hetero) is 2. The molecule has 3 aromatic rings. The molecule has 2 unspecified atom stereocenters. The number of amides is 1. The zero-order valence-electron chi connectivity index (χ0n) is 15.1. The fourth-order valence-electron chi connectivity index (χ4n) is 3.38. The maximum Gasteiger partial charge on any atom is 0.295 e. The normalized spacial score (nSPS) is 20.6. The summed E-state index contributed by atoms with van der Waals surface area (Å²) < 4.78 is 0. The Morgan fingerprint density at radius 3 is 2.67 bits per heavy atom. The lowest BCUT2D eigenvalue weighted by atomic mass is 9.79. The van der Waals surface area contributed by atoms with E-state index in [-0.39, 0.29) is 5.78 Å². The van der Waals surface area contributed by atoms with Crippen molar-refractivity contribution in [1.29, 1.82) is 0 Å². The molecular weight excluding hydrogens is 364 g/mol. The molecule has 7 nitrogen and oxygen atoms in total. The van der Waals surface area contributed by atoms with Crippen molar-refractivity contribution in [2.24, 2.45) is 11.3 Å². The van der Waals surface area contributed by atoms with E-state index in [1.807, 2.05) is 0 Å². The number of hydrogen-bond acceptors (Lipinski definition) is 6. The van der Waals surface area contributed by atoms with Gasteiger partial charge in [0.25, 0.3) is 5.91 Å². The molecule has 3 heterocycles.